The van der Waals surface area contributed by atoms with Crippen LogP contribution in [0.4, 0.5) is 0 Å². The summed E-state index contributed by atoms with van der Waals surface area (Å²) in [7, 11) is 5.15. The van der Waals surface area contributed by atoms with E-state index in [1.807, 2.05) is 42.2 Å². The highest BCUT2D eigenvalue weighted by Crippen LogP contribution is 2.16. The maximum Gasteiger partial charge on any atom is 0.184 e. The summed E-state index contributed by atoms with van der Waals surface area (Å²) in [4.78, 5) is 4.47. The second kappa shape index (κ2) is 6.62. The highest BCUT2D eigenvalue weighted by molar-refractivity contribution is 5.51. The molecule has 0 atom stereocenters. The van der Waals surface area contributed by atoms with Gasteiger partial charge in [0.1, 0.15) is 12.4 Å². The van der Waals surface area contributed by atoms with Gasteiger partial charge in [-0.05, 0) is 17.7 Å². The van der Waals surface area contributed by atoms with Crippen LogP contribution in [0.5, 0.6) is 5.75 Å². The van der Waals surface area contributed by atoms with Crippen molar-refractivity contribution in [2.24, 2.45) is 7.05 Å². The van der Waals surface area contributed by atoms with Gasteiger partial charge in [0, 0.05) is 20.4 Å². The standard InChI is InChI=1S/C16H19N5O2/c1-20-15(11-22-2)18-16(19-20)13-8-17-21(10-13)9-12-4-6-14(23-3)7-5-12/h4-8,10H,9,11H2,1-3H3. The third-order valence-electron chi connectivity index (χ3n) is 3.52. The van der Waals surface area contributed by atoms with Gasteiger partial charge in [-0.2, -0.15) is 10.2 Å². The minimum absolute atomic E-state index is 0.434. The number of hydrogen-bond acceptors (Lipinski definition) is 5. The first kappa shape index (κ1) is 15.2. The van der Waals surface area contributed by atoms with Gasteiger partial charge in [0.05, 0.1) is 25.4 Å². The first-order valence-electron chi connectivity index (χ1n) is 7.24. The molecule has 3 rings (SSSR count). The fourth-order valence-corrected chi connectivity index (χ4v) is 2.28. The van der Waals surface area contributed by atoms with Crippen molar-refractivity contribution in [2.75, 3.05) is 14.2 Å². The van der Waals surface area contributed by atoms with E-state index in [0.29, 0.717) is 19.0 Å². The van der Waals surface area contributed by atoms with Crippen molar-refractivity contribution in [3.05, 3.63) is 48.0 Å². The maximum atomic E-state index is 5.16. The van der Waals surface area contributed by atoms with E-state index in [9.17, 15) is 0 Å². The predicted octanol–water partition coefficient (Wildman–Crippen LogP) is 1.88. The molecule has 0 radical (unpaired) electrons. The Morgan fingerprint density at radius 2 is 1.91 bits per heavy atom. The predicted molar refractivity (Wildman–Crippen MR) is 85.0 cm³/mol. The lowest BCUT2D eigenvalue weighted by Gasteiger charge is -2.03. The van der Waals surface area contributed by atoms with E-state index in [2.05, 4.69) is 15.2 Å². The monoisotopic (exact) mass is 313 g/mol. The van der Waals surface area contributed by atoms with Crippen LogP contribution in [0.3, 0.4) is 0 Å². The van der Waals surface area contributed by atoms with Gasteiger partial charge in [-0.1, -0.05) is 12.1 Å². The van der Waals surface area contributed by atoms with Crippen LogP contribution in [0, 0.1) is 0 Å². The van der Waals surface area contributed by atoms with Crippen LogP contribution < -0.4 is 4.74 Å². The van der Waals surface area contributed by atoms with Crippen LogP contribution in [-0.2, 0) is 24.9 Å². The van der Waals surface area contributed by atoms with Crippen molar-refractivity contribution in [3.63, 3.8) is 0 Å². The molecule has 23 heavy (non-hydrogen) atoms. The number of aryl methyl sites for hydroxylation is 1. The number of nitrogens with zero attached hydrogens (tertiary/aromatic N) is 5. The van der Waals surface area contributed by atoms with E-state index in [4.69, 9.17) is 9.47 Å². The largest absolute Gasteiger partial charge is 0.497 e. The number of benzene rings is 1. The van der Waals surface area contributed by atoms with E-state index in [0.717, 1.165) is 22.7 Å². The molecular weight excluding hydrogens is 294 g/mol. The summed E-state index contributed by atoms with van der Waals surface area (Å²) in [5.41, 5.74) is 2.03. The molecule has 3 aromatic rings. The highest BCUT2D eigenvalue weighted by atomic mass is 16.5. The van der Waals surface area contributed by atoms with Crippen LogP contribution in [0.15, 0.2) is 36.7 Å². The molecule has 0 aliphatic rings. The molecular formula is C16H19N5O2. The van der Waals surface area contributed by atoms with Crippen LogP contribution in [0.2, 0.25) is 0 Å². The molecule has 0 saturated carbocycles. The van der Waals surface area contributed by atoms with Crippen LogP contribution in [0.1, 0.15) is 11.4 Å². The van der Waals surface area contributed by atoms with Gasteiger partial charge in [0.2, 0.25) is 0 Å². The Morgan fingerprint density at radius 1 is 1.13 bits per heavy atom. The number of hydrogen-bond donors (Lipinski definition) is 0. The van der Waals surface area contributed by atoms with Crippen molar-refractivity contribution in [1.29, 1.82) is 0 Å². The van der Waals surface area contributed by atoms with Crippen molar-refractivity contribution in [3.8, 4) is 17.1 Å². The molecule has 0 fully saturated rings. The Labute approximate surface area is 134 Å². The van der Waals surface area contributed by atoms with E-state index < -0.39 is 0 Å². The SMILES string of the molecule is COCc1nc(-c2cnn(Cc3ccc(OC)cc3)c2)nn1C. The van der Waals surface area contributed by atoms with Crippen LogP contribution in [-0.4, -0.2) is 38.8 Å². The third-order valence-corrected chi connectivity index (χ3v) is 3.52. The Kier molecular flexibility index (Phi) is 4.38. The molecule has 7 heteroatoms. The average Bonchev–Trinajstić information content (AvgIpc) is 3.16. The zero-order valence-electron chi connectivity index (χ0n) is 13.4. The number of ether oxygens (including phenoxy) is 2. The van der Waals surface area contributed by atoms with Crippen molar-refractivity contribution in [2.45, 2.75) is 13.2 Å². The third kappa shape index (κ3) is 3.40. The quantitative estimate of drug-likeness (QED) is 0.695. The van der Waals surface area contributed by atoms with E-state index in [-0.39, 0.29) is 0 Å². The first-order chi connectivity index (χ1) is 11.2. The minimum Gasteiger partial charge on any atom is -0.497 e. The topological polar surface area (TPSA) is 67.0 Å². The Hall–Kier alpha value is -2.67. The van der Waals surface area contributed by atoms with Gasteiger partial charge in [-0.25, -0.2) is 4.98 Å². The molecule has 0 spiro atoms. The van der Waals surface area contributed by atoms with Crippen LogP contribution >= 0.6 is 0 Å². The molecule has 0 aliphatic carbocycles. The average molecular weight is 313 g/mol. The fraction of sp³-hybridized carbons (Fsp3) is 0.312. The second-order valence-electron chi connectivity index (χ2n) is 5.18. The van der Waals surface area contributed by atoms with E-state index >= 15 is 0 Å². The molecule has 1 aromatic carbocycles. The van der Waals surface area contributed by atoms with Gasteiger partial charge < -0.3 is 9.47 Å². The summed E-state index contributed by atoms with van der Waals surface area (Å²) in [5.74, 6) is 2.28. The molecule has 0 saturated heterocycles. The summed E-state index contributed by atoms with van der Waals surface area (Å²) in [6.45, 7) is 1.12. The van der Waals surface area contributed by atoms with Gasteiger partial charge in [-0.15, -0.1) is 0 Å². The zero-order valence-corrected chi connectivity index (χ0v) is 13.4. The summed E-state index contributed by atoms with van der Waals surface area (Å²) in [6, 6.07) is 7.93. The lowest BCUT2D eigenvalue weighted by atomic mass is 10.2. The lowest BCUT2D eigenvalue weighted by molar-refractivity contribution is 0.174. The Bertz CT molecular complexity index is 776. The fourth-order valence-electron chi connectivity index (χ4n) is 2.28. The maximum absolute atomic E-state index is 5.16. The molecule has 120 valence electrons. The number of methoxy groups -OCH3 is 2. The Morgan fingerprint density at radius 3 is 2.61 bits per heavy atom. The molecule has 2 heterocycles. The number of rotatable bonds is 6. The van der Waals surface area contributed by atoms with E-state index in [1.165, 1.54) is 0 Å². The number of aromatic nitrogens is 5. The molecule has 0 N–H and O–H groups in total. The van der Waals surface area contributed by atoms with Crippen molar-refractivity contribution in [1.82, 2.24) is 24.5 Å². The van der Waals surface area contributed by atoms with Gasteiger partial charge in [0.25, 0.3) is 0 Å². The summed E-state index contributed by atoms with van der Waals surface area (Å²) in [6.07, 6.45) is 3.71. The van der Waals surface area contributed by atoms with Gasteiger partial charge in [-0.3, -0.25) is 9.36 Å². The van der Waals surface area contributed by atoms with Crippen molar-refractivity contribution >= 4 is 0 Å². The van der Waals surface area contributed by atoms with Gasteiger partial charge >= 0.3 is 0 Å². The van der Waals surface area contributed by atoms with Gasteiger partial charge in [0.15, 0.2) is 11.6 Å². The molecule has 7 nitrogen and oxygen atoms in total. The first-order valence-corrected chi connectivity index (χ1v) is 7.24. The summed E-state index contributed by atoms with van der Waals surface area (Å²) < 4.78 is 13.9. The summed E-state index contributed by atoms with van der Waals surface area (Å²) >= 11 is 0. The smallest absolute Gasteiger partial charge is 0.184 e. The molecule has 0 amide bonds. The molecule has 2 aromatic heterocycles. The minimum atomic E-state index is 0.434. The Balaban J connectivity index is 1.75. The molecule has 0 aliphatic heterocycles. The zero-order chi connectivity index (χ0) is 16.2. The lowest BCUT2D eigenvalue weighted by Crippen LogP contribution is -2.00. The summed E-state index contributed by atoms with van der Waals surface area (Å²) in [5, 5.41) is 8.78. The highest BCUT2D eigenvalue weighted by Gasteiger charge is 2.11. The molecule has 0 unspecified atom stereocenters. The van der Waals surface area contributed by atoms with E-state index in [1.54, 1.807) is 25.1 Å². The second-order valence-corrected chi connectivity index (χ2v) is 5.18. The van der Waals surface area contributed by atoms with Crippen molar-refractivity contribution < 1.29 is 9.47 Å². The normalized spacial score (nSPS) is 10.9. The molecule has 0 bridgehead atoms. The van der Waals surface area contributed by atoms with Crippen LogP contribution in [0.25, 0.3) is 11.4 Å².